The van der Waals surface area contributed by atoms with Gasteiger partial charge in [0.15, 0.2) is 0 Å². The SMILES string of the molecule is Cc1ccc(/C=C2/SC(=O)N(Cc3ccc(I)cc3)C2=O)cc1. The molecule has 3 rings (SSSR count). The number of carbonyl (C=O) groups excluding carboxylic acids is 2. The van der Waals surface area contributed by atoms with E-state index in [9.17, 15) is 9.59 Å². The predicted molar refractivity (Wildman–Crippen MR) is 102 cm³/mol. The third-order valence-corrected chi connectivity index (χ3v) is 5.13. The van der Waals surface area contributed by atoms with Crippen LogP contribution in [0.3, 0.4) is 0 Å². The van der Waals surface area contributed by atoms with Crippen LogP contribution in [0.5, 0.6) is 0 Å². The highest BCUT2D eigenvalue weighted by atomic mass is 127. The molecule has 0 aromatic heterocycles. The van der Waals surface area contributed by atoms with E-state index in [2.05, 4.69) is 22.6 Å². The zero-order valence-corrected chi connectivity index (χ0v) is 15.4. The minimum absolute atomic E-state index is 0.216. The van der Waals surface area contributed by atoms with Crippen molar-refractivity contribution in [2.45, 2.75) is 13.5 Å². The molecule has 1 fully saturated rings. The molecule has 1 heterocycles. The van der Waals surface area contributed by atoms with Crippen LogP contribution in [-0.2, 0) is 11.3 Å². The molecule has 0 spiro atoms. The molecule has 23 heavy (non-hydrogen) atoms. The summed E-state index contributed by atoms with van der Waals surface area (Å²) >= 11 is 3.23. The lowest BCUT2D eigenvalue weighted by molar-refractivity contribution is -0.123. The van der Waals surface area contributed by atoms with E-state index < -0.39 is 0 Å². The Balaban J connectivity index is 1.79. The molecule has 2 aromatic carbocycles. The Bertz CT molecular complexity index is 782. The lowest BCUT2D eigenvalue weighted by Crippen LogP contribution is -2.27. The maximum atomic E-state index is 12.5. The highest BCUT2D eigenvalue weighted by molar-refractivity contribution is 14.1. The van der Waals surface area contributed by atoms with Gasteiger partial charge in [-0.3, -0.25) is 14.5 Å². The van der Waals surface area contributed by atoms with Crippen molar-refractivity contribution in [1.29, 1.82) is 0 Å². The number of amides is 2. The summed E-state index contributed by atoms with van der Waals surface area (Å²) in [6, 6.07) is 15.7. The first kappa shape index (κ1) is 16.3. The van der Waals surface area contributed by atoms with Crippen molar-refractivity contribution in [2.75, 3.05) is 0 Å². The van der Waals surface area contributed by atoms with E-state index in [1.807, 2.05) is 55.5 Å². The summed E-state index contributed by atoms with van der Waals surface area (Å²) < 4.78 is 1.12. The zero-order valence-electron chi connectivity index (χ0n) is 12.5. The topological polar surface area (TPSA) is 37.4 Å². The fraction of sp³-hybridized carbons (Fsp3) is 0.111. The van der Waals surface area contributed by atoms with Crippen LogP contribution >= 0.6 is 34.4 Å². The van der Waals surface area contributed by atoms with Gasteiger partial charge in [-0.1, -0.05) is 42.0 Å². The molecule has 0 unspecified atom stereocenters. The molecule has 0 aliphatic carbocycles. The van der Waals surface area contributed by atoms with Crippen LogP contribution in [0.1, 0.15) is 16.7 Å². The Hall–Kier alpha value is -1.60. The molecular formula is C18H14INO2S. The monoisotopic (exact) mass is 435 g/mol. The van der Waals surface area contributed by atoms with Crippen LogP contribution in [0.2, 0.25) is 0 Å². The Kier molecular flexibility index (Phi) is 4.87. The van der Waals surface area contributed by atoms with Gasteiger partial charge in [-0.25, -0.2) is 0 Å². The summed E-state index contributed by atoms with van der Waals surface area (Å²) in [4.78, 5) is 26.4. The van der Waals surface area contributed by atoms with Crippen LogP contribution in [0.4, 0.5) is 4.79 Å². The summed E-state index contributed by atoms with van der Waals surface area (Å²) in [5.41, 5.74) is 3.04. The maximum absolute atomic E-state index is 12.5. The van der Waals surface area contributed by atoms with E-state index in [4.69, 9.17) is 0 Å². The Labute approximate surface area is 152 Å². The molecule has 1 saturated heterocycles. The van der Waals surface area contributed by atoms with E-state index in [1.165, 1.54) is 4.90 Å². The molecule has 5 heteroatoms. The van der Waals surface area contributed by atoms with Crippen LogP contribution < -0.4 is 0 Å². The van der Waals surface area contributed by atoms with E-state index >= 15 is 0 Å². The smallest absolute Gasteiger partial charge is 0.268 e. The fourth-order valence-corrected chi connectivity index (χ4v) is 3.42. The summed E-state index contributed by atoms with van der Waals surface area (Å²) in [5, 5.41) is -0.216. The summed E-state index contributed by atoms with van der Waals surface area (Å²) in [6.07, 6.45) is 1.78. The van der Waals surface area contributed by atoms with Crippen molar-refractivity contribution in [2.24, 2.45) is 0 Å². The molecular weight excluding hydrogens is 421 g/mol. The number of hydrogen-bond donors (Lipinski definition) is 0. The number of benzene rings is 2. The van der Waals surface area contributed by atoms with Crippen LogP contribution in [0.25, 0.3) is 6.08 Å². The van der Waals surface area contributed by atoms with Crippen molar-refractivity contribution >= 4 is 51.6 Å². The molecule has 2 amide bonds. The van der Waals surface area contributed by atoms with Gasteiger partial charge in [-0.05, 0) is 70.6 Å². The summed E-state index contributed by atoms with van der Waals surface area (Å²) in [6.45, 7) is 2.32. The van der Waals surface area contributed by atoms with Crippen molar-refractivity contribution in [3.8, 4) is 0 Å². The molecule has 0 saturated carbocycles. The molecule has 116 valence electrons. The first-order valence-corrected chi connectivity index (χ1v) is 8.99. The van der Waals surface area contributed by atoms with Crippen LogP contribution in [-0.4, -0.2) is 16.0 Å². The minimum atomic E-state index is -0.223. The Morgan fingerprint density at radius 3 is 2.35 bits per heavy atom. The molecule has 1 aliphatic heterocycles. The summed E-state index contributed by atoms with van der Waals surface area (Å²) in [5.74, 6) is -0.223. The molecule has 1 aliphatic rings. The quantitative estimate of drug-likeness (QED) is 0.512. The minimum Gasteiger partial charge on any atom is -0.268 e. The second kappa shape index (κ2) is 6.88. The second-order valence-corrected chi connectivity index (χ2v) is 7.54. The van der Waals surface area contributed by atoms with Crippen LogP contribution in [0, 0.1) is 10.5 Å². The van der Waals surface area contributed by atoms with Gasteiger partial charge >= 0.3 is 0 Å². The number of thioether (sulfide) groups is 1. The van der Waals surface area contributed by atoms with Crippen molar-refractivity contribution in [1.82, 2.24) is 4.90 Å². The van der Waals surface area contributed by atoms with Gasteiger partial charge in [0.1, 0.15) is 0 Å². The third kappa shape index (κ3) is 3.84. The lowest BCUT2D eigenvalue weighted by atomic mass is 10.1. The molecule has 0 atom stereocenters. The average molecular weight is 435 g/mol. The van der Waals surface area contributed by atoms with Gasteiger partial charge < -0.3 is 0 Å². The molecule has 0 bridgehead atoms. The standard InChI is InChI=1S/C18H14INO2S/c1-12-2-4-13(5-3-12)10-16-17(21)20(18(22)23-16)11-14-6-8-15(19)9-7-14/h2-10H,11H2,1H3/b16-10+. The van der Waals surface area contributed by atoms with E-state index in [1.54, 1.807) is 6.08 Å². The number of rotatable bonds is 3. The molecule has 0 N–H and O–H groups in total. The Morgan fingerprint density at radius 2 is 1.70 bits per heavy atom. The third-order valence-electron chi connectivity index (χ3n) is 3.50. The van der Waals surface area contributed by atoms with Crippen molar-refractivity contribution < 1.29 is 9.59 Å². The average Bonchev–Trinajstić information content (AvgIpc) is 2.79. The highest BCUT2D eigenvalue weighted by Gasteiger charge is 2.34. The van der Waals surface area contributed by atoms with Gasteiger partial charge in [-0.2, -0.15) is 0 Å². The number of halogens is 1. The number of carbonyl (C=O) groups is 2. The molecule has 3 nitrogen and oxygen atoms in total. The first-order valence-electron chi connectivity index (χ1n) is 7.09. The highest BCUT2D eigenvalue weighted by Crippen LogP contribution is 2.33. The number of nitrogens with zero attached hydrogens (tertiary/aromatic N) is 1. The van der Waals surface area contributed by atoms with Gasteiger partial charge in [0, 0.05) is 3.57 Å². The van der Waals surface area contributed by atoms with E-state index in [0.29, 0.717) is 11.4 Å². The predicted octanol–water partition coefficient (Wildman–Crippen LogP) is 4.84. The van der Waals surface area contributed by atoms with E-state index in [-0.39, 0.29) is 11.1 Å². The van der Waals surface area contributed by atoms with Crippen molar-refractivity contribution in [3.63, 3.8) is 0 Å². The Morgan fingerprint density at radius 1 is 1.04 bits per heavy atom. The van der Waals surface area contributed by atoms with Crippen LogP contribution in [0.15, 0.2) is 53.4 Å². The second-order valence-electron chi connectivity index (χ2n) is 5.31. The summed E-state index contributed by atoms with van der Waals surface area (Å²) in [7, 11) is 0. The largest absolute Gasteiger partial charge is 0.293 e. The van der Waals surface area contributed by atoms with Crippen molar-refractivity contribution in [3.05, 3.63) is 73.7 Å². The maximum Gasteiger partial charge on any atom is 0.293 e. The first-order chi connectivity index (χ1) is 11.0. The number of imide groups is 1. The lowest BCUT2D eigenvalue weighted by Gasteiger charge is -2.12. The fourth-order valence-electron chi connectivity index (χ4n) is 2.22. The van der Waals surface area contributed by atoms with Gasteiger partial charge in [0.2, 0.25) is 0 Å². The molecule has 0 radical (unpaired) electrons. The number of hydrogen-bond acceptors (Lipinski definition) is 3. The van der Waals surface area contributed by atoms with Gasteiger partial charge in [-0.15, -0.1) is 0 Å². The normalized spacial score (nSPS) is 16.4. The van der Waals surface area contributed by atoms with Gasteiger partial charge in [0.05, 0.1) is 11.4 Å². The van der Waals surface area contributed by atoms with Gasteiger partial charge in [0.25, 0.3) is 11.1 Å². The number of aryl methyl sites for hydroxylation is 1. The van der Waals surface area contributed by atoms with E-state index in [0.717, 1.165) is 32.0 Å². The zero-order chi connectivity index (χ0) is 16.4. The molecule has 2 aromatic rings.